The number of aliphatic hydroxyl groups is 2. The molecule has 466 valence electrons. The number of hydrogen-bond donors (Lipinski definition) is 3. The zero-order valence-electron chi connectivity index (χ0n) is 53.4. The normalized spacial score (nSPS) is 12.7. The minimum Gasteiger partial charge on any atom is -0.466 e. The van der Waals surface area contributed by atoms with Gasteiger partial charge in [-0.15, -0.1) is 0 Å². The maximum Gasteiger partial charge on any atom is 0.305 e. The molecule has 0 saturated heterocycles. The first kappa shape index (κ1) is 77.1. The van der Waals surface area contributed by atoms with Crippen LogP contribution < -0.4 is 5.32 Å². The Morgan fingerprint density at radius 1 is 0.354 bits per heavy atom. The lowest BCUT2D eigenvalue weighted by atomic mass is 10.0. The number of unbranched alkanes of at least 4 members (excludes halogenated alkanes) is 50. The Labute approximate surface area is 494 Å². The number of hydrogen-bond acceptors (Lipinski definition) is 5. The van der Waals surface area contributed by atoms with E-state index in [1.807, 2.05) is 0 Å². The van der Waals surface area contributed by atoms with Crippen molar-refractivity contribution in [3.8, 4) is 0 Å². The largest absolute Gasteiger partial charge is 0.466 e. The summed E-state index contributed by atoms with van der Waals surface area (Å²) in [5, 5.41) is 23.4. The predicted octanol–water partition coefficient (Wildman–Crippen LogP) is 23.1. The molecule has 3 N–H and O–H groups in total. The van der Waals surface area contributed by atoms with Gasteiger partial charge in [-0.3, -0.25) is 9.59 Å². The van der Waals surface area contributed by atoms with Crippen LogP contribution in [0.25, 0.3) is 0 Å². The number of aliphatic hydroxyl groups excluding tert-OH is 2. The minimum absolute atomic E-state index is 0.00786. The zero-order valence-corrected chi connectivity index (χ0v) is 53.4. The summed E-state index contributed by atoms with van der Waals surface area (Å²) in [6.07, 6.45) is 87.6. The second-order valence-corrected chi connectivity index (χ2v) is 24.6. The Morgan fingerprint density at radius 3 is 0.975 bits per heavy atom. The van der Waals surface area contributed by atoms with Crippen LogP contribution in [0.15, 0.2) is 36.5 Å². The Morgan fingerprint density at radius 2 is 0.633 bits per heavy atom. The van der Waals surface area contributed by atoms with Gasteiger partial charge in [0, 0.05) is 12.8 Å². The molecule has 0 heterocycles. The molecular weight excluding hydrogens is 971 g/mol. The second kappa shape index (κ2) is 68.6. The highest BCUT2D eigenvalue weighted by Gasteiger charge is 2.20. The Kier molecular flexibility index (Phi) is 66.9. The van der Waals surface area contributed by atoms with E-state index in [2.05, 4.69) is 55.6 Å². The monoisotopic (exact) mass is 1110 g/mol. The average molecular weight is 1110 g/mol. The number of allylic oxidation sites excluding steroid dienone is 6. The number of carbonyl (C=O) groups is 2. The molecule has 79 heavy (non-hydrogen) atoms. The number of carbonyl (C=O) groups excluding carboxylic acids is 2. The van der Waals surface area contributed by atoms with Crippen LogP contribution in [0.2, 0.25) is 0 Å². The molecule has 1 amide bonds. The lowest BCUT2D eigenvalue weighted by Gasteiger charge is -2.22. The van der Waals surface area contributed by atoms with Gasteiger partial charge in [0.15, 0.2) is 0 Å². The van der Waals surface area contributed by atoms with Crippen molar-refractivity contribution in [1.82, 2.24) is 5.32 Å². The third-order valence-electron chi connectivity index (χ3n) is 16.7. The summed E-state index contributed by atoms with van der Waals surface area (Å²) >= 11 is 0. The van der Waals surface area contributed by atoms with Gasteiger partial charge < -0.3 is 20.3 Å². The summed E-state index contributed by atoms with van der Waals surface area (Å²) in [5.41, 5.74) is 0. The predicted molar refractivity (Wildman–Crippen MR) is 347 cm³/mol. The van der Waals surface area contributed by atoms with Gasteiger partial charge in [-0.25, -0.2) is 0 Å². The van der Waals surface area contributed by atoms with Gasteiger partial charge in [0.1, 0.15) is 0 Å². The summed E-state index contributed by atoms with van der Waals surface area (Å²) in [6, 6.07) is -0.545. The number of rotatable bonds is 67. The Bertz CT molecular complexity index is 1280. The molecule has 0 aliphatic rings. The van der Waals surface area contributed by atoms with E-state index in [-0.39, 0.29) is 18.5 Å². The van der Waals surface area contributed by atoms with E-state index >= 15 is 0 Å². The number of esters is 1. The van der Waals surface area contributed by atoms with Gasteiger partial charge in [0.25, 0.3) is 0 Å². The topological polar surface area (TPSA) is 95.9 Å². The van der Waals surface area contributed by atoms with Crippen LogP contribution in [0, 0.1) is 0 Å². The maximum absolute atomic E-state index is 12.5. The van der Waals surface area contributed by atoms with E-state index in [0.29, 0.717) is 25.9 Å². The van der Waals surface area contributed by atoms with Crippen LogP contribution in [-0.2, 0) is 14.3 Å². The molecular formula is C73H139NO5. The SMILES string of the molecule is CCCCCCCC/C=C\CCCCCCCCCC(=O)OCCCCCCCCCCC/C=C\C/C=C\CCCCCCCCCCCCCC(=O)NC(CO)C(O)CCCCCCCCCCCCCCCCCCCC. The molecule has 0 rings (SSSR count). The quantitative estimate of drug-likeness (QED) is 0.0320. The Hall–Kier alpha value is -1.92. The van der Waals surface area contributed by atoms with Crippen molar-refractivity contribution in [3.63, 3.8) is 0 Å². The van der Waals surface area contributed by atoms with Gasteiger partial charge in [-0.2, -0.15) is 0 Å². The fourth-order valence-electron chi connectivity index (χ4n) is 11.2. The second-order valence-electron chi connectivity index (χ2n) is 24.6. The van der Waals surface area contributed by atoms with Crippen LogP contribution >= 0.6 is 0 Å². The van der Waals surface area contributed by atoms with Crippen LogP contribution in [0.3, 0.4) is 0 Å². The van der Waals surface area contributed by atoms with Crippen molar-refractivity contribution < 1.29 is 24.5 Å². The zero-order chi connectivity index (χ0) is 57.1. The van der Waals surface area contributed by atoms with Crippen LogP contribution in [0.1, 0.15) is 393 Å². The van der Waals surface area contributed by atoms with Crippen molar-refractivity contribution in [2.75, 3.05) is 13.2 Å². The summed E-state index contributed by atoms with van der Waals surface area (Å²) < 4.78 is 5.50. The fourth-order valence-corrected chi connectivity index (χ4v) is 11.2. The molecule has 0 bridgehead atoms. The third-order valence-corrected chi connectivity index (χ3v) is 16.7. The van der Waals surface area contributed by atoms with E-state index in [9.17, 15) is 19.8 Å². The average Bonchev–Trinajstić information content (AvgIpc) is 3.45. The van der Waals surface area contributed by atoms with Gasteiger partial charge in [0.2, 0.25) is 5.91 Å². The van der Waals surface area contributed by atoms with Crippen LogP contribution in [-0.4, -0.2) is 47.4 Å². The lowest BCUT2D eigenvalue weighted by Crippen LogP contribution is -2.45. The molecule has 0 aromatic carbocycles. The highest BCUT2D eigenvalue weighted by molar-refractivity contribution is 5.76. The smallest absolute Gasteiger partial charge is 0.305 e. The minimum atomic E-state index is -0.667. The van der Waals surface area contributed by atoms with Crippen LogP contribution in [0.4, 0.5) is 0 Å². The molecule has 6 heteroatoms. The molecule has 0 spiro atoms. The van der Waals surface area contributed by atoms with E-state index in [1.165, 1.54) is 308 Å². The molecule has 2 atom stereocenters. The highest BCUT2D eigenvalue weighted by atomic mass is 16.5. The number of ether oxygens (including phenoxy) is 1. The number of nitrogens with one attached hydrogen (secondary N) is 1. The molecule has 0 aromatic rings. The molecule has 2 unspecified atom stereocenters. The lowest BCUT2D eigenvalue weighted by molar-refractivity contribution is -0.143. The molecule has 0 aromatic heterocycles. The van der Waals surface area contributed by atoms with Gasteiger partial charge in [0.05, 0.1) is 25.4 Å². The summed E-state index contributed by atoms with van der Waals surface area (Å²) in [6.45, 7) is 4.98. The van der Waals surface area contributed by atoms with Gasteiger partial charge in [-0.1, -0.05) is 333 Å². The molecule has 0 saturated carbocycles. The fraction of sp³-hybridized carbons (Fsp3) is 0.890. The van der Waals surface area contributed by atoms with E-state index in [4.69, 9.17) is 4.74 Å². The molecule has 0 radical (unpaired) electrons. The highest BCUT2D eigenvalue weighted by Crippen LogP contribution is 2.18. The molecule has 0 aliphatic carbocycles. The van der Waals surface area contributed by atoms with Crippen molar-refractivity contribution in [3.05, 3.63) is 36.5 Å². The van der Waals surface area contributed by atoms with Gasteiger partial charge >= 0.3 is 5.97 Å². The summed E-state index contributed by atoms with van der Waals surface area (Å²) in [4.78, 5) is 24.6. The molecule has 6 nitrogen and oxygen atoms in total. The molecule has 0 fully saturated rings. The Balaban J connectivity index is 3.41. The van der Waals surface area contributed by atoms with Crippen molar-refractivity contribution in [2.24, 2.45) is 0 Å². The van der Waals surface area contributed by atoms with Crippen molar-refractivity contribution in [1.29, 1.82) is 0 Å². The first-order valence-electron chi connectivity index (χ1n) is 35.7. The van der Waals surface area contributed by atoms with E-state index in [0.717, 1.165) is 51.4 Å². The third kappa shape index (κ3) is 65.1. The maximum atomic E-state index is 12.5. The summed E-state index contributed by atoms with van der Waals surface area (Å²) in [7, 11) is 0. The standard InChI is InChI=1S/C73H139NO5/c1-3-5-7-9-11-13-15-17-19-21-34-37-41-45-49-53-57-61-65-71(76)70(69-75)74-72(77)66-62-58-54-50-46-42-38-35-31-29-27-25-23-22-24-26-28-30-32-36-40-44-48-52-56-60-64-68-79-73(78)67-63-59-55-51-47-43-39-33-20-18-16-14-12-10-8-6-4-2/h18,20,22-23,26,28,70-71,75-76H,3-17,19,21,24-25,27,29-69H2,1-2H3,(H,74,77)/b20-18-,23-22-,28-26-. The first-order valence-corrected chi connectivity index (χ1v) is 35.7. The van der Waals surface area contributed by atoms with Gasteiger partial charge in [-0.05, 0) is 83.5 Å². The number of amides is 1. The van der Waals surface area contributed by atoms with Crippen molar-refractivity contribution in [2.45, 2.75) is 405 Å². The van der Waals surface area contributed by atoms with E-state index in [1.54, 1.807) is 0 Å². The van der Waals surface area contributed by atoms with E-state index < -0.39 is 12.1 Å². The first-order chi connectivity index (χ1) is 39.0. The van der Waals surface area contributed by atoms with Crippen LogP contribution in [0.5, 0.6) is 0 Å². The van der Waals surface area contributed by atoms with Crippen molar-refractivity contribution >= 4 is 11.9 Å². The molecule has 0 aliphatic heterocycles. The summed E-state index contributed by atoms with van der Waals surface area (Å²) in [5.74, 6) is -0.0270.